The third-order valence-electron chi connectivity index (χ3n) is 2.54. The van der Waals surface area contributed by atoms with Gasteiger partial charge in [-0.15, -0.1) is 0 Å². The number of halogens is 3. The SMILES string of the molecule is [N-]=[N+]=NCCc1coc(-c2ccc(C(F)(F)F)cc2)n1. The van der Waals surface area contributed by atoms with E-state index >= 15 is 0 Å². The lowest BCUT2D eigenvalue weighted by atomic mass is 10.1. The third kappa shape index (κ3) is 3.30. The molecule has 0 saturated carbocycles. The molecule has 0 fully saturated rings. The van der Waals surface area contributed by atoms with Gasteiger partial charge in [0.2, 0.25) is 5.89 Å². The molecule has 20 heavy (non-hydrogen) atoms. The molecule has 104 valence electrons. The predicted octanol–water partition coefficient (Wildman–Crippen LogP) is 4.21. The fourth-order valence-corrected chi connectivity index (χ4v) is 1.57. The lowest BCUT2D eigenvalue weighted by molar-refractivity contribution is -0.137. The Hall–Kier alpha value is -2.47. The van der Waals surface area contributed by atoms with E-state index in [-0.39, 0.29) is 12.4 Å². The average molecular weight is 282 g/mol. The molecule has 2 aromatic rings. The maximum Gasteiger partial charge on any atom is 0.416 e. The second kappa shape index (κ2) is 5.66. The van der Waals surface area contributed by atoms with Crippen molar-refractivity contribution in [3.05, 3.63) is 52.2 Å². The summed E-state index contributed by atoms with van der Waals surface area (Å²) in [6.45, 7) is 0.246. The molecule has 1 aromatic heterocycles. The van der Waals surface area contributed by atoms with E-state index in [9.17, 15) is 13.2 Å². The van der Waals surface area contributed by atoms with Crippen molar-refractivity contribution < 1.29 is 17.6 Å². The van der Waals surface area contributed by atoms with Crippen molar-refractivity contribution in [1.29, 1.82) is 0 Å². The molecule has 0 saturated heterocycles. The molecule has 0 aliphatic heterocycles. The average Bonchev–Trinajstić information content (AvgIpc) is 2.87. The summed E-state index contributed by atoms with van der Waals surface area (Å²) < 4.78 is 42.4. The zero-order valence-corrected chi connectivity index (χ0v) is 10.1. The first kappa shape index (κ1) is 14.0. The standard InChI is InChI=1S/C12H9F3N4O/c13-12(14,15)9-3-1-8(2-4-9)11-18-10(7-20-11)5-6-17-19-16/h1-4,7H,5-6H2. The highest BCUT2D eigenvalue weighted by Crippen LogP contribution is 2.30. The molecule has 2 rings (SSSR count). The van der Waals surface area contributed by atoms with E-state index in [0.717, 1.165) is 12.1 Å². The highest BCUT2D eigenvalue weighted by molar-refractivity contribution is 5.53. The van der Waals surface area contributed by atoms with Crippen molar-refractivity contribution >= 4 is 0 Å². The van der Waals surface area contributed by atoms with Gasteiger partial charge < -0.3 is 4.42 Å². The second-order valence-electron chi connectivity index (χ2n) is 3.92. The minimum Gasteiger partial charge on any atom is -0.444 e. The Bertz CT molecular complexity index is 627. The maximum absolute atomic E-state index is 12.4. The molecule has 8 heteroatoms. The monoisotopic (exact) mass is 282 g/mol. The number of oxazole rings is 1. The van der Waals surface area contributed by atoms with Crippen LogP contribution in [0.4, 0.5) is 13.2 Å². The van der Waals surface area contributed by atoms with Gasteiger partial charge in [-0.1, -0.05) is 5.11 Å². The molecular formula is C12H9F3N4O. The summed E-state index contributed by atoms with van der Waals surface area (Å²) in [6, 6.07) is 4.54. The van der Waals surface area contributed by atoms with Crippen LogP contribution >= 0.6 is 0 Å². The van der Waals surface area contributed by atoms with E-state index in [1.807, 2.05) is 0 Å². The Morgan fingerprint density at radius 2 is 1.95 bits per heavy atom. The van der Waals surface area contributed by atoms with Crippen LogP contribution < -0.4 is 0 Å². The van der Waals surface area contributed by atoms with Gasteiger partial charge in [-0.25, -0.2) is 4.98 Å². The fourth-order valence-electron chi connectivity index (χ4n) is 1.57. The van der Waals surface area contributed by atoms with Gasteiger partial charge in [0, 0.05) is 17.0 Å². The molecule has 0 N–H and O–H groups in total. The molecule has 0 radical (unpaired) electrons. The summed E-state index contributed by atoms with van der Waals surface area (Å²) in [7, 11) is 0. The van der Waals surface area contributed by atoms with Crippen LogP contribution in [-0.2, 0) is 12.6 Å². The predicted molar refractivity (Wildman–Crippen MR) is 64.7 cm³/mol. The molecule has 5 nitrogen and oxygen atoms in total. The molecular weight excluding hydrogens is 273 g/mol. The van der Waals surface area contributed by atoms with Crippen molar-refractivity contribution in [3.63, 3.8) is 0 Å². The van der Waals surface area contributed by atoms with E-state index in [1.54, 1.807) is 0 Å². The highest BCUT2D eigenvalue weighted by Gasteiger charge is 2.30. The van der Waals surface area contributed by atoms with Gasteiger partial charge >= 0.3 is 6.18 Å². The molecule has 0 bridgehead atoms. The summed E-state index contributed by atoms with van der Waals surface area (Å²) in [6.07, 6.45) is -2.57. The van der Waals surface area contributed by atoms with Gasteiger partial charge in [0.25, 0.3) is 0 Å². The first-order chi connectivity index (χ1) is 9.50. The van der Waals surface area contributed by atoms with Crippen LogP contribution in [0.25, 0.3) is 21.9 Å². The van der Waals surface area contributed by atoms with Crippen molar-refractivity contribution in [2.45, 2.75) is 12.6 Å². The van der Waals surface area contributed by atoms with E-state index in [0.29, 0.717) is 17.7 Å². The number of alkyl halides is 3. The van der Waals surface area contributed by atoms with Gasteiger partial charge in [0.15, 0.2) is 0 Å². The van der Waals surface area contributed by atoms with Gasteiger partial charge in [0.05, 0.1) is 11.3 Å². The van der Waals surface area contributed by atoms with E-state index in [1.165, 1.54) is 18.4 Å². The summed E-state index contributed by atoms with van der Waals surface area (Å²) in [5, 5.41) is 3.36. The topological polar surface area (TPSA) is 74.8 Å². The van der Waals surface area contributed by atoms with Gasteiger partial charge in [-0.3, -0.25) is 0 Å². The molecule has 1 heterocycles. The normalized spacial score (nSPS) is 11.2. The Morgan fingerprint density at radius 3 is 2.55 bits per heavy atom. The Kier molecular flexibility index (Phi) is 3.95. The van der Waals surface area contributed by atoms with Crippen LogP contribution in [-0.4, -0.2) is 11.5 Å². The van der Waals surface area contributed by atoms with Crippen LogP contribution in [0.15, 0.2) is 40.1 Å². The van der Waals surface area contributed by atoms with Crippen LogP contribution in [0.1, 0.15) is 11.3 Å². The molecule has 0 aliphatic rings. The number of hydrogen-bond donors (Lipinski definition) is 0. The van der Waals surface area contributed by atoms with Crippen molar-refractivity contribution in [2.75, 3.05) is 6.54 Å². The van der Waals surface area contributed by atoms with Crippen molar-refractivity contribution in [1.82, 2.24) is 4.98 Å². The third-order valence-corrected chi connectivity index (χ3v) is 2.54. The quantitative estimate of drug-likeness (QED) is 0.478. The minimum absolute atomic E-state index is 0.231. The van der Waals surface area contributed by atoms with E-state index in [2.05, 4.69) is 15.0 Å². The summed E-state index contributed by atoms with van der Waals surface area (Å²) in [5.74, 6) is 0.231. The number of benzene rings is 1. The number of nitrogens with zero attached hydrogens (tertiary/aromatic N) is 4. The first-order valence-electron chi connectivity index (χ1n) is 5.63. The van der Waals surface area contributed by atoms with Crippen LogP contribution in [0.5, 0.6) is 0 Å². The first-order valence-corrected chi connectivity index (χ1v) is 5.63. The van der Waals surface area contributed by atoms with Gasteiger partial charge in [-0.2, -0.15) is 13.2 Å². The smallest absolute Gasteiger partial charge is 0.416 e. The Labute approximate surface area is 111 Å². The zero-order chi connectivity index (χ0) is 14.6. The Balaban J connectivity index is 2.14. The lowest BCUT2D eigenvalue weighted by Gasteiger charge is -2.05. The highest BCUT2D eigenvalue weighted by atomic mass is 19.4. The van der Waals surface area contributed by atoms with E-state index in [4.69, 9.17) is 9.95 Å². The number of aromatic nitrogens is 1. The number of hydrogen-bond acceptors (Lipinski definition) is 3. The molecule has 0 unspecified atom stereocenters. The minimum atomic E-state index is -4.37. The largest absolute Gasteiger partial charge is 0.444 e. The second-order valence-corrected chi connectivity index (χ2v) is 3.92. The Morgan fingerprint density at radius 1 is 1.25 bits per heavy atom. The molecule has 0 aliphatic carbocycles. The van der Waals surface area contributed by atoms with Crippen molar-refractivity contribution in [3.8, 4) is 11.5 Å². The van der Waals surface area contributed by atoms with Gasteiger partial charge in [0.1, 0.15) is 6.26 Å². The van der Waals surface area contributed by atoms with E-state index < -0.39 is 11.7 Å². The molecule has 0 spiro atoms. The number of rotatable bonds is 4. The van der Waals surface area contributed by atoms with Gasteiger partial charge in [-0.05, 0) is 36.2 Å². The number of azide groups is 1. The van der Waals surface area contributed by atoms with Crippen LogP contribution in [0.2, 0.25) is 0 Å². The van der Waals surface area contributed by atoms with Crippen molar-refractivity contribution in [2.24, 2.45) is 5.11 Å². The van der Waals surface area contributed by atoms with Crippen LogP contribution in [0, 0.1) is 0 Å². The zero-order valence-electron chi connectivity index (χ0n) is 10.1. The summed E-state index contributed by atoms with van der Waals surface area (Å²) in [5.41, 5.74) is 8.44. The molecule has 1 aromatic carbocycles. The summed E-state index contributed by atoms with van der Waals surface area (Å²) in [4.78, 5) is 6.72. The molecule has 0 amide bonds. The summed E-state index contributed by atoms with van der Waals surface area (Å²) >= 11 is 0. The fraction of sp³-hybridized carbons (Fsp3) is 0.250. The molecule has 0 atom stereocenters. The van der Waals surface area contributed by atoms with Crippen LogP contribution in [0.3, 0.4) is 0 Å². The maximum atomic E-state index is 12.4. The lowest BCUT2D eigenvalue weighted by Crippen LogP contribution is -2.03.